The Hall–Kier alpha value is -1.64. The molecule has 0 radical (unpaired) electrons. The van der Waals surface area contributed by atoms with Crippen molar-refractivity contribution in [2.24, 2.45) is 5.41 Å². The highest BCUT2D eigenvalue weighted by Crippen LogP contribution is 2.64. The maximum atomic E-state index is 7.15. The van der Waals surface area contributed by atoms with Crippen molar-refractivity contribution in [3.05, 3.63) is 70.8 Å². The minimum Gasteiger partial charge on any atom is -0.349 e. The van der Waals surface area contributed by atoms with Gasteiger partial charge in [-0.25, -0.2) is 0 Å². The van der Waals surface area contributed by atoms with Gasteiger partial charge >= 0.3 is 0 Å². The predicted octanol–water partition coefficient (Wildman–Crippen LogP) is 11.6. The monoisotopic (exact) mass is 570 g/mol. The molecular formula is C40H58O2. The molecule has 1 heterocycles. The fourth-order valence-corrected chi connectivity index (χ4v) is 9.59. The van der Waals surface area contributed by atoms with Crippen LogP contribution in [0.1, 0.15) is 176 Å². The summed E-state index contributed by atoms with van der Waals surface area (Å²) in [5.41, 5.74) is 6.04. The van der Waals surface area contributed by atoms with Crippen molar-refractivity contribution in [1.29, 1.82) is 0 Å². The van der Waals surface area contributed by atoms with E-state index < -0.39 is 5.79 Å². The molecule has 1 unspecified atom stereocenters. The summed E-state index contributed by atoms with van der Waals surface area (Å²) in [6.07, 6.45) is 24.9. The van der Waals surface area contributed by atoms with E-state index in [-0.39, 0.29) is 11.5 Å². The summed E-state index contributed by atoms with van der Waals surface area (Å²) in [7, 11) is 0. The molecule has 2 heteroatoms. The highest BCUT2D eigenvalue weighted by Gasteiger charge is 2.64. The second kappa shape index (κ2) is 14.0. The van der Waals surface area contributed by atoms with Gasteiger partial charge in [0.15, 0.2) is 5.79 Å². The predicted molar refractivity (Wildman–Crippen MR) is 175 cm³/mol. The summed E-state index contributed by atoms with van der Waals surface area (Å²) in [5, 5.41) is 0. The first-order valence-corrected chi connectivity index (χ1v) is 18.2. The normalized spacial score (nSPS) is 27.9. The molecule has 2 nitrogen and oxygen atoms in total. The first-order valence-electron chi connectivity index (χ1n) is 18.2. The van der Waals surface area contributed by atoms with Gasteiger partial charge in [-0.3, -0.25) is 0 Å². The van der Waals surface area contributed by atoms with Crippen LogP contribution in [0.5, 0.6) is 0 Å². The maximum Gasteiger partial charge on any atom is 0.175 e. The fraction of sp³-hybridized carbons (Fsp3) is 0.700. The van der Waals surface area contributed by atoms with Gasteiger partial charge in [0.1, 0.15) is 0 Å². The highest BCUT2D eigenvalue weighted by atomic mass is 16.7. The largest absolute Gasteiger partial charge is 0.349 e. The molecule has 0 aromatic heterocycles. The van der Waals surface area contributed by atoms with Crippen molar-refractivity contribution in [2.75, 3.05) is 6.61 Å². The van der Waals surface area contributed by atoms with Gasteiger partial charge < -0.3 is 9.47 Å². The third kappa shape index (κ3) is 6.28. The van der Waals surface area contributed by atoms with Crippen molar-refractivity contribution in [2.45, 2.75) is 165 Å². The smallest absolute Gasteiger partial charge is 0.175 e. The minimum absolute atomic E-state index is 0.0105. The van der Waals surface area contributed by atoms with Crippen molar-refractivity contribution in [3.63, 3.8) is 0 Å². The van der Waals surface area contributed by atoms with Crippen LogP contribution >= 0.6 is 0 Å². The number of rotatable bonds is 12. The van der Waals surface area contributed by atoms with E-state index in [4.69, 9.17) is 9.47 Å². The van der Waals surface area contributed by atoms with E-state index in [1.165, 1.54) is 114 Å². The van der Waals surface area contributed by atoms with Crippen molar-refractivity contribution >= 4 is 0 Å². The van der Waals surface area contributed by atoms with Crippen LogP contribution in [0.2, 0.25) is 0 Å². The van der Waals surface area contributed by atoms with Crippen LogP contribution in [0.3, 0.4) is 0 Å². The first kappa shape index (κ1) is 30.4. The van der Waals surface area contributed by atoms with Gasteiger partial charge in [-0.05, 0) is 92.4 Å². The van der Waals surface area contributed by atoms with Gasteiger partial charge in [-0.2, -0.15) is 0 Å². The Morgan fingerprint density at radius 2 is 1.26 bits per heavy atom. The lowest BCUT2D eigenvalue weighted by Crippen LogP contribution is -2.48. The lowest BCUT2D eigenvalue weighted by atomic mass is 9.64. The lowest BCUT2D eigenvalue weighted by molar-refractivity contribution is -0.269. The number of benzene rings is 2. The molecule has 0 spiro atoms. The van der Waals surface area contributed by atoms with E-state index in [1.807, 2.05) is 0 Å². The number of hydrogen-bond acceptors (Lipinski definition) is 2. The average Bonchev–Trinajstić information content (AvgIpc) is 3.56. The molecule has 1 aliphatic heterocycles. The van der Waals surface area contributed by atoms with Crippen LogP contribution in [-0.2, 0) is 9.47 Å². The quantitative estimate of drug-likeness (QED) is 0.236. The van der Waals surface area contributed by atoms with E-state index in [0.29, 0.717) is 5.92 Å². The average molecular weight is 571 g/mol. The molecule has 42 heavy (non-hydrogen) atoms. The van der Waals surface area contributed by atoms with Gasteiger partial charge in [0, 0.05) is 17.8 Å². The molecule has 2 aromatic rings. The standard InChI is InChI=1S/C40H58O2/c1-3-4-5-8-14-31(2)42-40-28-13-27-39(40,29-30-41-40)38(36-23-19-34(20-24-36)32-15-9-6-10-16-32)37-25-21-35(22-26-37)33-17-11-7-12-18-33/h19-26,31-33,38H,3-18,27-30H2,1-2H3/t31?,39-,40+/m0/s1. The van der Waals surface area contributed by atoms with Gasteiger partial charge in [-0.15, -0.1) is 0 Å². The topological polar surface area (TPSA) is 18.5 Å². The maximum absolute atomic E-state index is 7.15. The molecule has 0 bridgehead atoms. The highest BCUT2D eigenvalue weighted by molar-refractivity contribution is 5.41. The molecule has 3 saturated carbocycles. The third-order valence-electron chi connectivity index (χ3n) is 11.9. The second-order valence-electron chi connectivity index (χ2n) is 14.6. The van der Waals surface area contributed by atoms with Gasteiger partial charge in [-0.1, -0.05) is 120 Å². The van der Waals surface area contributed by atoms with Gasteiger partial charge in [0.25, 0.3) is 0 Å². The Balaban J connectivity index is 1.32. The Bertz CT molecular complexity index is 1020. The van der Waals surface area contributed by atoms with E-state index in [2.05, 4.69) is 62.4 Å². The minimum atomic E-state index is -0.466. The summed E-state index contributed by atoms with van der Waals surface area (Å²) in [6, 6.07) is 19.9. The molecule has 6 rings (SSSR count). The number of fused-ring (bicyclic) bond motifs is 1. The Morgan fingerprint density at radius 3 is 1.81 bits per heavy atom. The van der Waals surface area contributed by atoms with Crippen LogP contribution in [-0.4, -0.2) is 18.5 Å². The van der Waals surface area contributed by atoms with Crippen LogP contribution in [0.15, 0.2) is 48.5 Å². The molecule has 1 saturated heterocycles. The molecule has 4 aliphatic rings. The molecule has 4 fully saturated rings. The third-order valence-corrected chi connectivity index (χ3v) is 11.9. The number of unbranched alkanes of at least 4 members (excludes halogenated alkanes) is 3. The van der Waals surface area contributed by atoms with Crippen LogP contribution in [0, 0.1) is 5.41 Å². The Labute approximate surface area is 257 Å². The first-order chi connectivity index (χ1) is 20.6. The fourth-order valence-electron chi connectivity index (χ4n) is 9.59. The molecule has 3 atom stereocenters. The molecule has 2 aromatic carbocycles. The summed E-state index contributed by atoms with van der Waals surface area (Å²) < 4.78 is 14.0. The van der Waals surface area contributed by atoms with E-state index in [9.17, 15) is 0 Å². The molecule has 3 aliphatic carbocycles. The van der Waals surface area contributed by atoms with Crippen molar-refractivity contribution in [1.82, 2.24) is 0 Å². The summed E-state index contributed by atoms with van der Waals surface area (Å²) in [4.78, 5) is 0. The van der Waals surface area contributed by atoms with Crippen molar-refractivity contribution < 1.29 is 9.47 Å². The number of hydrogen-bond donors (Lipinski definition) is 0. The van der Waals surface area contributed by atoms with E-state index >= 15 is 0 Å². The van der Waals surface area contributed by atoms with Crippen molar-refractivity contribution in [3.8, 4) is 0 Å². The zero-order valence-electron chi connectivity index (χ0n) is 26.9. The molecular weight excluding hydrogens is 512 g/mol. The SMILES string of the molecule is CCCCCCC(C)O[C@]12CCC[C@@]1(C(c1ccc(C3CCCCC3)cc1)c1ccc(C3CCCCC3)cc1)CCO2. The Morgan fingerprint density at radius 1 is 0.690 bits per heavy atom. The zero-order chi connectivity index (χ0) is 28.8. The summed E-state index contributed by atoms with van der Waals surface area (Å²) in [5.74, 6) is 1.33. The molecule has 0 amide bonds. The molecule has 230 valence electrons. The Kier molecular flexibility index (Phi) is 10.1. The van der Waals surface area contributed by atoms with Crippen LogP contribution < -0.4 is 0 Å². The zero-order valence-corrected chi connectivity index (χ0v) is 26.9. The summed E-state index contributed by atoms with van der Waals surface area (Å²) >= 11 is 0. The van der Waals surface area contributed by atoms with E-state index in [0.717, 1.165) is 37.7 Å². The van der Waals surface area contributed by atoms with Crippen LogP contribution in [0.4, 0.5) is 0 Å². The molecule has 0 N–H and O–H groups in total. The van der Waals surface area contributed by atoms with E-state index in [1.54, 1.807) is 11.1 Å². The second-order valence-corrected chi connectivity index (χ2v) is 14.6. The van der Waals surface area contributed by atoms with Gasteiger partial charge in [0.05, 0.1) is 12.7 Å². The number of ether oxygens (including phenoxy) is 2. The summed E-state index contributed by atoms with van der Waals surface area (Å²) in [6.45, 7) is 5.42. The van der Waals surface area contributed by atoms with Crippen LogP contribution in [0.25, 0.3) is 0 Å². The lowest BCUT2D eigenvalue weighted by Gasteiger charge is -2.46. The van der Waals surface area contributed by atoms with Gasteiger partial charge in [0.2, 0.25) is 0 Å².